The molecule has 0 aromatic carbocycles. The van der Waals surface area contributed by atoms with Gasteiger partial charge < -0.3 is 9.52 Å². The number of furan rings is 1. The first-order chi connectivity index (χ1) is 8.56. The van der Waals surface area contributed by atoms with Gasteiger partial charge >= 0.3 is 5.97 Å². The highest BCUT2D eigenvalue weighted by atomic mass is 35.5. The highest BCUT2D eigenvalue weighted by Crippen LogP contribution is 2.23. The second-order valence-corrected chi connectivity index (χ2v) is 5.74. The average molecular weight is 286 g/mol. The molecule has 1 N–H and O–H groups in total. The van der Waals surface area contributed by atoms with Crippen molar-refractivity contribution in [1.29, 1.82) is 0 Å². The minimum absolute atomic E-state index is 0.214. The number of nitrogens with zero attached hydrogens (tertiary/aromatic N) is 1. The quantitative estimate of drug-likeness (QED) is 0.915. The van der Waals surface area contributed by atoms with Crippen LogP contribution < -0.4 is 0 Å². The SMILES string of the molecule is CN(Cc1ccc(Cl)s1)Cc1occc1C(=O)O. The van der Waals surface area contributed by atoms with E-state index in [-0.39, 0.29) is 5.56 Å². The van der Waals surface area contributed by atoms with Crippen LogP contribution in [0, 0.1) is 0 Å². The fourth-order valence-electron chi connectivity index (χ4n) is 1.66. The van der Waals surface area contributed by atoms with Crippen molar-refractivity contribution in [3.8, 4) is 0 Å². The van der Waals surface area contributed by atoms with Crippen LogP contribution in [0.1, 0.15) is 21.0 Å². The molecule has 0 saturated carbocycles. The van der Waals surface area contributed by atoms with Gasteiger partial charge in [0.15, 0.2) is 0 Å². The van der Waals surface area contributed by atoms with Crippen molar-refractivity contribution < 1.29 is 14.3 Å². The second kappa shape index (κ2) is 5.56. The maximum atomic E-state index is 10.9. The van der Waals surface area contributed by atoms with Crippen LogP contribution in [0.5, 0.6) is 0 Å². The third-order valence-corrected chi connectivity index (χ3v) is 3.66. The molecular weight excluding hydrogens is 274 g/mol. The topological polar surface area (TPSA) is 53.7 Å². The van der Waals surface area contributed by atoms with Gasteiger partial charge in [-0.15, -0.1) is 11.3 Å². The van der Waals surface area contributed by atoms with Gasteiger partial charge in [0.25, 0.3) is 0 Å². The van der Waals surface area contributed by atoms with Gasteiger partial charge in [-0.05, 0) is 25.2 Å². The van der Waals surface area contributed by atoms with E-state index in [1.807, 2.05) is 24.1 Å². The predicted octanol–water partition coefficient (Wildman–Crippen LogP) is 3.32. The largest absolute Gasteiger partial charge is 0.478 e. The number of rotatable bonds is 5. The van der Waals surface area contributed by atoms with Crippen LogP contribution >= 0.6 is 22.9 Å². The van der Waals surface area contributed by atoms with Gasteiger partial charge in [-0.3, -0.25) is 4.90 Å². The fourth-order valence-corrected chi connectivity index (χ4v) is 2.83. The number of hydrogen-bond donors (Lipinski definition) is 1. The predicted molar refractivity (Wildman–Crippen MR) is 70.2 cm³/mol. The van der Waals surface area contributed by atoms with Crippen LogP contribution in [-0.4, -0.2) is 23.0 Å². The molecule has 0 aliphatic rings. The Hall–Kier alpha value is -1.30. The third kappa shape index (κ3) is 3.13. The maximum absolute atomic E-state index is 10.9. The zero-order chi connectivity index (χ0) is 13.1. The number of thiophene rings is 1. The molecule has 2 aromatic heterocycles. The molecule has 0 saturated heterocycles. The van der Waals surface area contributed by atoms with Crippen molar-refractivity contribution >= 4 is 28.9 Å². The molecule has 0 fully saturated rings. The summed E-state index contributed by atoms with van der Waals surface area (Å²) in [7, 11) is 1.90. The van der Waals surface area contributed by atoms with Gasteiger partial charge in [-0.25, -0.2) is 4.79 Å². The van der Waals surface area contributed by atoms with E-state index < -0.39 is 5.97 Å². The number of carbonyl (C=O) groups is 1. The molecule has 0 radical (unpaired) electrons. The summed E-state index contributed by atoms with van der Waals surface area (Å²) in [5.41, 5.74) is 0.214. The van der Waals surface area contributed by atoms with Crippen LogP contribution in [0.2, 0.25) is 4.34 Å². The van der Waals surface area contributed by atoms with E-state index in [0.29, 0.717) is 18.8 Å². The average Bonchev–Trinajstić information content (AvgIpc) is 2.87. The number of carboxylic acid groups (broad SMARTS) is 1. The van der Waals surface area contributed by atoms with Gasteiger partial charge in [0.2, 0.25) is 0 Å². The van der Waals surface area contributed by atoms with Crippen molar-refractivity contribution in [2.75, 3.05) is 7.05 Å². The summed E-state index contributed by atoms with van der Waals surface area (Å²) in [6.45, 7) is 1.15. The Bertz CT molecular complexity index is 549. The first-order valence-corrected chi connectivity index (χ1v) is 6.48. The van der Waals surface area contributed by atoms with Gasteiger partial charge in [0.05, 0.1) is 17.1 Å². The minimum atomic E-state index is -0.966. The fraction of sp³-hybridized carbons (Fsp3) is 0.250. The molecule has 2 rings (SSSR count). The zero-order valence-electron chi connectivity index (χ0n) is 9.72. The van der Waals surface area contributed by atoms with E-state index in [9.17, 15) is 4.79 Å². The summed E-state index contributed by atoms with van der Waals surface area (Å²) in [4.78, 5) is 14.0. The smallest absolute Gasteiger partial charge is 0.339 e. The Balaban J connectivity index is 2.00. The van der Waals surface area contributed by atoms with Crippen molar-refractivity contribution in [2.45, 2.75) is 13.1 Å². The minimum Gasteiger partial charge on any atom is -0.478 e. The Morgan fingerprint density at radius 1 is 1.44 bits per heavy atom. The van der Waals surface area contributed by atoms with Gasteiger partial charge in [-0.1, -0.05) is 11.6 Å². The molecule has 2 aromatic rings. The number of carboxylic acids is 1. The van der Waals surface area contributed by atoms with E-state index in [4.69, 9.17) is 21.1 Å². The molecule has 0 bridgehead atoms. The first kappa shape index (κ1) is 13.1. The zero-order valence-corrected chi connectivity index (χ0v) is 11.3. The van der Waals surface area contributed by atoms with E-state index >= 15 is 0 Å². The molecule has 0 aliphatic heterocycles. The van der Waals surface area contributed by atoms with Gasteiger partial charge in [0, 0.05) is 11.4 Å². The molecule has 4 nitrogen and oxygen atoms in total. The lowest BCUT2D eigenvalue weighted by atomic mass is 10.2. The van der Waals surface area contributed by atoms with E-state index in [0.717, 1.165) is 9.21 Å². The summed E-state index contributed by atoms with van der Waals surface area (Å²) in [5, 5.41) is 8.97. The Morgan fingerprint density at radius 2 is 2.22 bits per heavy atom. The highest BCUT2D eigenvalue weighted by Gasteiger charge is 2.15. The van der Waals surface area contributed by atoms with Crippen LogP contribution in [0.15, 0.2) is 28.9 Å². The lowest BCUT2D eigenvalue weighted by molar-refractivity contribution is 0.0693. The molecule has 0 aliphatic carbocycles. The summed E-state index contributed by atoms with van der Waals surface area (Å²) >= 11 is 7.37. The summed E-state index contributed by atoms with van der Waals surface area (Å²) < 4.78 is 5.95. The number of aromatic carboxylic acids is 1. The van der Waals surface area contributed by atoms with Crippen LogP contribution in [0.3, 0.4) is 0 Å². The van der Waals surface area contributed by atoms with Crippen molar-refractivity contribution in [2.24, 2.45) is 0 Å². The number of hydrogen-bond acceptors (Lipinski definition) is 4. The molecule has 2 heterocycles. The Morgan fingerprint density at radius 3 is 2.83 bits per heavy atom. The van der Waals surface area contributed by atoms with Crippen LogP contribution in [0.25, 0.3) is 0 Å². The standard InChI is InChI=1S/C12H12ClNO3S/c1-14(6-8-2-3-11(13)18-8)7-10-9(12(15)16)4-5-17-10/h2-5H,6-7H2,1H3,(H,15,16). The molecular formula is C12H12ClNO3S. The van der Waals surface area contributed by atoms with Gasteiger partial charge in [-0.2, -0.15) is 0 Å². The van der Waals surface area contributed by atoms with E-state index in [1.54, 1.807) is 0 Å². The normalized spacial score (nSPS) is 11.1. The summed E-state index contributed by atoms with van der Waals surface area (Å²) in [6, 6.07) is 5.28. The van der Waals surface area contributed by atoms with Crippen molar-refractivity contribution in [3.63, 3.8) is 0 Å². The maximum Gasteiger partial charge on any atom is 0.339 e. The summed E-state index contributed by atoms with van der Waals surface area (Å²) in [5.74, 6) is -0.501. The molecule has 96 valence electrons. The molecule has 0 spiro atoms. The number of halogens is 1. The third-order valence-electron chi connectivity index (χ3n) is 2.44. The Kier molecular flexibility index (Phi) is 4.06. The lowest BCUT2D eigenvalue weighted by Crippen LogP contribution is -2.17. The van der Waals surface area contributed by atoms with Crippen molar-refractivity contribution in [3.05, 3.63) is 45.0 Å². The second-order valence-electron chi connectivity index (χ2n) is 3.94. The van der Waals surface area contributed by atoms with Crippen LogP contribution in [0.4, 0.5) is 0 Å². The Labute approximate surface area is 113 Å². The molecule has 18 heavy (non-hydrogen) atoms. The molecule has 6 heteroatoms. The monoisotopic (exact) mass is 285 g/mol. The lowest BCUT2D eigenvalue weighted by Gasteiger charge is -2.14. The highest BCUT2D eigenvalue weighted by molar-refractivity contribution is 7.16. The molecule has 0 amide bonds. The first-order valence-electron chi connectivity index (χ1n) is 5.28. The van der Waals surface area contributed by atoms with E-state index in [2.05, 4.69) is 0 Å². The van der Waals surface area contributed by atoms with E-state index in [1.165, 1.54) is 23.7 Å². The summed E-state index contributed by atoms with van der Waals surface area (Å²) in [6.07, 6.45) is 1.40. The van der Waals surface area contributed by atoms with Crippen LogP contribution in [-0.2, 0) is 13.1 Å². The van der Waals surface area contributed by atoms with Crippen molar-refractivity contribution in [1.82, 2.24) is 4.90 Å². The molecule has 0 atom stereocenters. The van der Waals surface area contributed by atoms with Gasteiger partial charge in [0.1, 0.15) is 11.3 Å². The molecule has 0 unspecified atom stereocenters.